The summed E-state index contributed by atoms with van der Waals surface area (Å²) < 4.78 is 0. The zero-order valence-corrected chi connectivity index (χ0v) is 11.5. The molecule has 0 fully saturated rings. The smallest absolute Gasteiger partial charge is 0.326 e. The number of hydrogen-bond donors (Lipinski definition) is 2. The average Bonchev–Trinajstić information content (AvgIpc) is 2.51. The first kappa shape index (κ1) is 14.4. The summed E-state index contributed by atoms with van der Waals surface area (Å²) in [5, 5.41) is 11.5. The van der Waals surface area contributed by atoms with E-state index in [1.165, 1.54) is 0 Å². The third-order valence-corrected chi connectivity index (χ3v) is 2.92. The van der Waals surface area contributed by atoms with E-state index in [1.54, 1.807) is 29.2 Å². The van der Waals surface area contributed by atoms with Crippen LogP contribution in [-0.4, -0.2) is 12.6 Å². The molecule has 0 unspecified atom stereocenters. The summed E-state index contributed by atoms with van der Waals surface area (Å²) in [7, 11) is 0. The highest BCUT2D eigenvalue weighted by atomic mass is 16.2. The fourth-order valence-corrected chi connectivity index (χ4v) is 1.88. The molecule has 106 valence electrons. The van der Waals surface area contributed by atoms with Crippen LogP contribution in [0.15, 0.2) is 54.6 Å². The number of nitriles is 1. The number of benzene rings is 2. The van der Waals surface area contributed by atoms with Crippen LogP contribution in [0.4, 0.5) is 21.9 Å². The highest BCUT2D eigenvalue weighted by molar-refractivity contribution is 6.01. The standard InChI is InChI=1S/C16H16N4O/c17-11-4-12-20(15-5-2-1-3-6-15)16(21)19-14-9-7-13(18)8-10-14/h1-3,5-10H,4,12,18H2,(H,19,21). The van der Waals surface area contributed by atoms with Crippen molar-refractivity contribution < 1.29 is 4.79 Å². The van der Waals surface area contributed by atoms with Gasteiger partial charge in [-0.3, -0.25) is 4.90 Å². The number of amides is 2. The van der Waals surface area contributed by atoms with E-state index < -0.39 is 0 Å². The number of nitrogen functional groups attached to an aromatic ring is 1. The molecule has 0 aliphatic rings. The molecular formula is C16H16N4O. The highest BCUT2D eigenvalue weighted by Crippen LogP contribution is 2.17. The third kappa shape index (κ3) is 3.98. The molecule has 0 aromatic heterocycles. The predicted molar refractivity (Wildman–Crippen MR) is 83.9 cm³/mol. The van der Waals surface area contributed by atoms with Crippen molar-refractivity contribution in [2.24, 2.45) is 0 Å². The van der Waals surface area contributed by atoms with Crippen LogP contribution in [0.1, 0.15) is 6.42 Å². The third-order valence-electron chi connectivity index (χ3n) is 2.92. The number of rotatable bonds is 4. The molecule has 0 heterocycles. The van der Waals surface area contributed by atoms with Crippen LogP contribution in [0.2, 0.25) is 0 Å². The Balaban J connectivity index is 2.14. The molecule has 0 radical (unpaired) electrons. The van der Waals surface area contributed by atoms with E-state index in [1.807, 2.05) is 30.3 Å². The van der Waals surface area contributed by atoms with Gasteiger partial charge in [0.2, 0.25) is 0 Å². The summed E-state index contributed by atoms with van der Waals surface area (Å²) >= 11 is 0. The maximum atomic E-state index is 12.4. The number of hydrogen-bond acceptors (Lipinski definition) is 3. The second-order valence-corrected chi connectivity index (χ2v) is 4.45. The second-order valence-electron chi connectivity index (χ2n) is 4.45. The number of carbonyl (C=O) groups is 1. The van der Waals surface area contributed by atoms with E-state index in [0.717, 1.165) is 5.69 Å². The van der Waals surface area contributed by atoms with Gasteiger partial charge < -0.3 is 11.1 Å². The van der Waals surface area contributed by atoms with Gasteiger partial charge in [0.1, 0.15) is 0 Å². The molecule has 0 aliphatic carbocycles. The molecule has 21 heavy (non-hydrogen) atoms. The molecule has 2 amide bonds. The van der Waals surface area contributed by atoms with Gasteiger partial charge >= 0.3 is 6.03 Å². The molecule has 0 saturated carbocycles. The van der Waals surface area contributed by atoms with Crippen molar-refractivity contribution >= 4 is 23.1 Å². The van der Waals surface area contributed by atoms with Gasteiger partial charge in [-0.05, 0) is 36.4 Å². The number of para-hydroxylation sites is 1. The van der Waals surface area contributed by atoms with E-state index in [4.69, 9.17) is 11.0 Å². The first-order valence-electron chi connectivity index (χ1n) is 6.57. The van der Waals surface area contributed by atoms with Crippen LogP contribution < -0.4 is 16.0 Å². The molecule has 0 aliphatic heterocycles. The first-order chi connectivity index (χ1) is 10.2. The SMILES string of the molecule is N#CCCN(C(=O)Nc1ccc(N)cc1)c1ccccc1. The van der Waals surface area contributed by atoms with Gasteiger partial charge in [0.05, 0.1) is 12.5 Å². The van der Waals surface area contributed by atoms with Crippen molar-refractivity contribution in [3.63, 3.8) is 0 Å². The van der Waals surface area contributed by atoms with E-state index >= 15 is 0 Å². The Morgan fingerprint density at radius 1 is 1.14 bits per heavy atom. The minimum atomic E-state index is -0.277. The van der Waals surface area contributed by atoms with Gasteiger partial charge in [0, 0.05) is 23.6 Å². The lowest BCUT2D eigenvalue weighted by Crippen LogP contribution is -2.35. The summed E-state index contributed by atoms with van der Waals surface area (Å²) in [4.78, 5) is 13.9. The summed E-state index contributed by atoms with van der Waals surface area (Å²) in [6, 6.07) is 17.9. The van der Waals surface area contributed by atoms with E-state index in [0.29, 0.717) is 17.9 Å². The Kier molecular flexibility index (Phi) is 4.78. The van der Waals surface area contributed by atoms with Gasteiger partial charge in [-0.25, -0.2) is 4.79 Å². The normalized spacial score (nSPS) is 9.67. The van der Waals surface area contributed by atoms with Crippen LogP contribution in [-0.2, 0) is 0 Å². The fourth-order valence-electron chi connectivity index (χ4n) is 1.88. The van der Waals surface area contributed by atoms with Gasteiger partial charge in [-0.15, -0.1) is 0 Å². The quantitative estimate of drug-likeness (QED) is 0.843. The van der Waals surface area contributed by atoms with Gasteiger partial charge in [0.25, 0.3) is 0 Å². The van der Waals surface area contributed by atoms with Crippen molar-refractivity contribution in [2.75, 3.05) is 22.5 Å². The van der Waals surface area contributed by atoms with Crippen molar-refractivity contribution in [2.45, 2.75) is 6.42 Å². The zero-order valence-electron chi connectivity index (χ0n) is 11.5. The number of nitrogens with two attached hydrogens (primary N) is 1. The van der Waals surface area contributed by atoms with Crippen LogP contribution in [0.3, 0.4) is 0 Å². The lowest BCUT2D eigenvalue weighted by Gasteiger charge is -2.22. The summed E-state index contributed by atoms with van der Waals surface area (Å²) in [5.41, 5.74) is 7.66. The summed E-state index contributed by atoms with van der Waals surface area (Å²) in [6.45, 7) is 0.335. The molecule has 5 nitrogen and oxygen atoms in total. The number of nitrogens with one attached hydrogen (secondary N) is 1. The number of carbonyl (C=O) groups excluding carboxylic acids is 1. The number of anilines is 3. The van der Waals surface area contributed by atoms with Gasteiger partial charge in [-0.2, -0.15) is 5.26 Å². The molecule has 0 saturated heterocycles. The van der Waals surface area contributed by atoms with Crippen LogP contribution in [0.5, 0.6) is 0 Å². The lowest BCUT2D eigenvalue weighted by molar-refractivity contribution is 0.257. The summed E-state index contributed by atoms with van der Waals surface area (Å²) in [6.07, 6.45) is 0.268. The molecule has 0 atom stereocenters. The fraction of sp³-hybridized carbons (Fsp3) is 0.125. The maximum absolute atomic E-state index is 12.4. The largest absolute Gasteiger partial charge is 0.399 e. The zero-order chi connectivity index (χ0) is 15.1. The molecule has 2 aromatic rings. The first-order valence-corrected chi connectivity index (χ1v) is 6.57. The van der Waals surface area contributed by atoms with E-state index in [-0.39, 0.29) is 12.5 Å². The van der Waals surface area contributed by atoms with Crippen LogP contribution >= 0.6 is 0 Å². The topological polar surface area (TPSA) is 82.2 Å². The molecule has 0 bridgehead atoms. The van der Waals surface area contributed by atoms with Crippen LogP contribution in [0.25, 0.3) is 0 Å². The Morgan fingerprint density at radius 2 is 1.81 bits per heavy atom. The molecular weight excluding hydrogens is 264 g/mol. The Labute approximate surface area is 123 Å². The van der Waals surface area contributed by atoms with Crippen molar-refractivity contribution in [3.8, 4) is 6.07 Å². The average molecular weight is 280 g/mol. The molecule has 5 heteroatoms. The number of nitrogens with zero attached hydrogens (tertiary/aromatic N) is 2. The molecule has 3 N–H and O–H groups in total. The monoisotopic (exact) mass is 280 g/mol. The van der Waals surface area contributed by atoms with Crippen molar-refractivity contribution in [1.29, 1.82) is 5.26 Å². The molecule has 0 spiro atoms. The van der Waals surface area contributed by atoms with E-state index in [9.17, 15) is 4.79 Å². The minimum absolute atomic E-state index is 0.268. The maximum Gasteiger partial charge on any atom is 0.326 e. The lowest BCUT2D eigenvalue weighted by atomic mass is 10.2. The van der Waals surface area contributed by atoms with Crippen LogP contribution in [0, 0.1) is 11.3 Å². The minimum Gasteiger partial charge on any atom is -0.399 e. The second kappa shape index (κ2) is 6.96. The molecule has 2 rings (SSSR count). The highest BCUT2D eigenvalue weighted by Gasteiger charge is 2.15. The molecule has 2 aromatic carbocycles. The van der Waals surface area contributed by atoms with E-state index in [2.05, 4.69) is 11.4 Å². The van der Waals surface area contributed by atoms with Crippen molar-refractivity contribution in [3.05, 3.63) is 54.6 Å². The number of urea groups is 1. The summed E-state index contributed by atoms with van der Waals surface area (Å²) in [5.74, 6) is 0. The Morgan fingerprint density at radius 3 is 2.43 bits per heavy atom. The van der Waals surface area contributed by atoms with Gasteiger partial charge in [-0.1, -0.05) is 18.2 Å². The Hall–Kier alpha value is -3.00. The predicted octanol–water partition coefficient (Wildman–Crippen LogP) is 3.22. The van der Waals surface area contributed by atoms with Crippen molar-refractivity contribution in [1.82, 2.24) is 0 Å². The Bertz CT molecular complexity index is 632. The van der Waals surface area contributed by atoms with Gasteiger partial charge in [0.15, 0.2) is 0 Å².